The molecule has 0 aromatic heterocycles. The summed E-state index contributed by atoms with van der Waals surface area (Å²) in [5.41, 5.74) is -0.0556. The van der Waals surface area contributed by atoms with Gasteiger partial charge in [-0.1, -0.05) is 6.58 Å². The zero-order valence-corrected chi connectivity index (χ0v) is 3.64. The fourth-order valence-electron chi connectivity index (χ4n) is 0.110. The van der Waals surface area contributed by atoms with Gasteiger partial charge in [-0.3, -0.25) is 0 Å². The summed E-state index contributed by atoms with van der Waals surface area (Å²) in [6, 6.07) is 1.58. The van der Waals surface area contributed by atoms with Crippen molar-refractivity contribution in [1.29, 1.82) is 5.26 Å². The minimum absolute atomic E-state index is 0.0556. The maximum Gasteiger partial charge on any atom is 0.143 e. The summed E-state index contributed by atoms with van der Waals surface area (Å²) in [7, 11) is 0. The summed E-state index contributed by atoms with van der Waals surface area (Å²) in [6.45, 7) is 3.18. The van der Waals surface area contributed by atoms with E-state index in [4.69, 9.17) is 5.26 Å². The summed E-state index contributed by atoms with van der Waals surface area (Å²) < 4.78 is 0. The van der Waals surface area contributed by atoms with E-state index in [1.54, 1.807) is 6.07 Å². The lowest BCUT2D eigenvalue weighted by molar-refractivity contribution is 0.568. The molecule has 0 aliphatic rings. The van der Waals surface area contributed by atoms with Crippen LogP contribution in [0.5, 0.6) is 0 Å². The van der Waals surface area contributed by atoms with E-state index in [2.05, 4.69) is 6.58 Å². The van der Waals surface area contributed by atoms with Crippen molar-refractivity contribution in [3.8, 4) is 6.07 Å². The highest BCUT2D eigenvalue weighted by atomic mass is 16.1. The topological polar surface area (TPSA) is 40.9 Å². The molecule has 2 nitrogen and oxygen atoms in total. The molecule has 0 heterocycles. The first-order chi connectivity index (χ1) is 3.35. The highest BCUT2D eigenvalue weighted by Gasteiger charge is 1.79. The summed E-state index contributed by atoms with van der Waals surface area (Å²) in [4.78, 5) is 9.51. The molecule has 0 aromatic rings. The van der Waals surface area contributed by atoms with Gasteiger partial charge in [-0.2, -0.15) is 5.26 Å². The number of nitrogens with zero attached hydrogens (tertiary/aromatic N) is 1. The molecule has 0 saturated carbocycles. The lowest BCUT2D eigenvalue weighted by atomic mass is 10.3. The van der Waals surface area contributed by atoms with Gasteiger partial charge in [0.2, 0.25) is 0 Å². The molecular weight excluding hydrogens is 90.1 g/mol. The molecule has 0 aromatic carbocycles. The number of hydrogen-bond acceptors (Lipinski definition) is 2. The van der Waals surface area contributed by atoms with Gasteiger partial charge in [-0.05, 0) is 6.08 Å². The molecule has 2 heteroatoms. The van der Waals surface area contributed by atoms with Crippen LogP contribution in [0.15, 0.2) is 18.2 Å². The van der Waals surface area contributed by atoms with Crippen LogP contribution < -0.4 is 0 Å². The van der Waals surface area contributed by atoms with Crippen LogP contribution in [0.25, 0.3) is 0 Å². The fraction of sp³-hybridized carbons (Fsp3) is 0. The Morgan fingerprint density at radius 2 is 2.43 bits per heavy atom. The zero-order valence-electron chi connectivity index (χ0n) is 3.64. The van der Waals surface area contributed by atoms with Crippen molar-refractivity contribution in [1.82, 2.24) is 0 Å². The van der Waals surface area contributed by atoms with E-state index in [0.29, 0.717) is 0 Å². The first kappa shape index (κ1) is 5.68. The summed E-state index contributed by atoms with van der Waals surface area (Å²) >= 11 is 0. The van der Waals surface area contributed by atoms with Crippen molar-refractivity contribution in [3.63, 3.8) is 0 Å². The third-order valence-electron chi connectivity index (χ3n) is 0.435. The Hall–Kier alpha value is -1.32. The molecule has 0 unspecified atom stereocenters. The van der Waals surface area contributed by atoms with Gasteiger partial charge >= 0.3 is 0 Å². The van der Waals surface area contributed by atoms with Gasteiger partial charge in [-0.25, -0.2) is 4.79 Å². The predicted molar refractivity (Wildman–Crippen MR) is 25.0 cm³/mol. The molecule has 0 radical (unpaired) electrons. The summed E-state index contributed by atoms with van der Waals surface area (Å²) in [5, 5.41) is 7.91. The van der Waals surface area contributed by atoms with Crippen LogP contribution in [-0.4, -0.2) is 5.94 Å². The van der Waals surface area contributed by atoms with E-state index in [1.165, 1.54) is 5.94 Å². The molecular formula is C5H3NO. The minimum atomic E-state index is -0.0556. The molecule has 0 atom stereocenters. The Balaban J connectivity index is 4.24. The summed E-state index contributed by atoms with van der Waals surface area (Å²) in [5.74, 6) is 1.39. The van der Waals surface area contributed by atoms with Crippen molar-refractivity contribution in [3.05, 3.63) is 18.2 Å². The number of allylic oxidation sites excluding steroid dienone is 2. The lowest BCUT2D eigenvalue weighted by Gasteiger charge is -1.65. The number of rotatable bonds is 1. The molecule has 0 aliphatic heterocycles. The Bertz CT molecular complexity index is 157. The standard InChI is InChI=1S/C5H3NO/c1-2-5(3-6)4-7/h2H,1H2. The van der Waals surface area contributed by atoms with Crippen molar-refractivity contribution < 1.29 is 4.79 Å². The Labute approximate surface area is 41.4 Å². The number of carbonyl (C=O) groups excluding carboxylic acids is 1. The van der Waals surface area contributed by atoms with Gasteiger partial charge < -0.3 is 0 Å². The fourth-order valence-corrected chi connectivity index (χ4v) is 0.110. The second-order valence-electron chi connectivity index (χ2n) is 0.832. The largest absolute Gasteiger partial charge is 0.232 e. The Kier molecular flexibility index (Phi) is 2.35. The summed E-state index contributed by atoms with van der Waals surface area (Å²) in [6.07, 6.45) is 1.16. The van der Waals surface area contributed by atoms with Crippen LogP contribution in [0, 0.1) is 11.3 Å². The van der Waals surface area contributed by atoms with E-state index in [1.807, 2.05) is 0 Å². The Morgan fingerprint density at radius 3 is 2.43 bits per heavy atom. The van der Waals surface area contributed by atoms with Gasteiger partial charge in [0.15, 0.2) is 0 Å². The van der Waals surface area contributed by atoms with Crippen LogP contribution in [0.4, 0.5) is 0 Å². The van der Waals surface area contributed by atoms with E-state index in [9.17, 15) is 4.79 Å². The second kappa shape index (κ2) is 2.89. The quantitative estimate of drug-likeness (QED) is 0.268. The number of hydrogen-bond donors (Lipinski definition) is 0. The molecule has 0 spiro atoms. The van der Waals surface area contributed by atoms with Crippen molar-refractivity contribution in [2.45, 2.75) is 0 Å². The third kappa shape index (κ3) is 1.53. The Morgan fingerprint density at radius 1 is 1.86 bits per heavy atom. The molecule has 0 aliphatic carbocycles. The number of nitriles is 1. The van der Waals surface area contributed by atoms with Crippen LogP contribution in [0.2, 0.25) is 0 Å². The molecule has 0 fully saturated rings. The molecule has 0 saturated heterocycles. The van der Waals surface area contributed by atoms with Gasteiger partial charge in [0, 0.05) is 0 Å². The first-order valence-electron chi connectivity index (χ1n) is 1.62. The minimum Gasteiger partial charge on any atom is -0.232 e. The van der Waals surface area contributed by atoms with Crippen LogP contribution in [-0.2, 0) is 4.79 Å². The van der Waals surface area contributed by atoms with Gasteiger partial charge in [0.1, 0.15) is 17.6 Å². The maximum atomic E-state index is 9.51. The normalized spacial score (nSPS) is 5.57. The highest BCUT2D eigenvalue weighted by Crippen LogP contribution is 1.80. The molecule has 7 heavy (non-hydrogen) atoms. The smallest absolute Gasteiger partial charge is 0.143 e. The molecule has 0 N–H and O–H groups in total. The maximum absolute atomic E-state index is 9.51. The highest BCUT2D eigenvalue weighted by molar-refractivity contribution is 5.63. The van der Waals surface area contributed by atoms with Crippen molar-refractivity contribution in [2.75, 3.05) is 0 Å². The van der Waals surface area contributed by atoms with Gasteiger partial charge in [-0.15, -0.1) is 0 Å². The average Bonchev–Trinajstić information content (AvgIpc) is 1.72. The van der Waals surface area contributed by atoms with Crippen LogP contribution in [0.1, 0.15) is 0 Å². The van der Waals surface area contributed by atoms with Gasteiger partial charge in [0.05, 0.1) is 0 Å². The monoisotopic (exact) mass is 93.0 g/mol. The molecule has 0 rings (SSSR count). The average molecular weight is 93.1 g/mol. The third-order valence-corrected chi connectivity index (χ3v) is 0.435. The van der Waals surface area contributed by atoms with Crippen molar-refractivity contribution >= 4 is 5.94 Å². The van der Waals surface area contributed by atoms with Crippen LogP contribution in [0.3, 0.4) is 0 Å². The van der Waals surface area contributed by atoms with E-state index in [-0.39, 0.29) is 5.57 Å². The van der Waals surface area contributed by atoms with Crippen molar-refractivity contribution in [2.24, 2.45) is 0 Å². The van der Waals surface area contributed by atoms with E-state index < -0.39 is 0 Å². The van der Waals surface area contributed by atoms with E-state index >= 15 is 0 Å². The predicted octanol–water partition coefficient (Wildman–Crippen LogP) is 0.454. The molecule has 0 bridgehead atoms. The SMILES string of the molecule is C=CC(=C=O)C#N. The molecule has 0 amide bonds. The van der Waals surface area contributed by atoms with E-state index in [0.717, 1.165) is 6.08 Å². The lowest BCUT2D eigenvalue weighted by Crippen LogP contribution is -1.66. The second-order valence-corrected chi connectivity index (χ2v) is 0.832. The zero-order chi connectivity index (χ0) is 5.70. The molecule has 34 valence electrons. The first-order valence-corrected chi connectivity index (χ1v) is 1.62. The van der Waals surface area contributed by atoms with Gasteiger partial charge in [0.25, 0.3) is 0 Å². The van der Waals surface area contributed by atoms with Crippen LogP contribution >= 0.6 is 0 Å².